The molecule has 2 rings (SSSR count). The van der Waals surface area contributed by atoms with Crippen molar-refractivity contribution in [3.8, 4) is 0 Å². The average Bonchev–Trinajstić information content (AvgIpc) is 2.34. The van der Waals surface area contributed by atoms with Crippen LogP contribution in [0.4, 0.5) is 0 Å². The third-order valence-corrected chi connectivity index (χ3v) is 3.80. The molecule has 5 heteroatoms. The predicted octanol–water partition coefficient (Wildman–Crippen LogP) is 1.94. The van der Waals surface area contributed by atoms with Crippen LogP contribution >= 0.6 is 11.8 Å². The van der Waals surface area contributed by atoms with Crippen LogP contribution in [0.15, 0.2) is 24.3 Å². The average molecular weight is 265 g/mol. The Balaban J connectivity index is 1.83. The first kappa shape index (κ1) is 13.0. The second-order valence-corrected chi connectivity index (χ2v) is 5.18. The summed E-state index contributed by atoms with van der Waals surface area (Å²) in [6.45, 7) is 2.17. The van der Waals surface area contributed by atoms with Crippen LogP contribution in [0.25, 0.3) is 0 Å². The van der Waals surface area contributed by atoms with Crippen LogP contribution in [-0.2, 0) is 15.3 Å². The van der Waals surface area contributed by atoms with E-state index in [1.54, 1.807) is 30.8 Å². The number of carbonyl (C=O) groups excluding carboxylic acids is 2. The van der Waals surface area contributed by atoms with Gasteiger partial charge in [-0.3, -0.25) is 4.79 Å². The van der Waals surface area contributed by atoms with Gasteiger partial charge in [0.05, 0.1) is 24.0 Å². The molecule has 1 fully saturated rings. The summed E-state index contributed by atoms with van der Waals surface area (Å²) in [5.41, 5.74) is 1.71. The second-order valence-electron chi connectivity index (χ2n) is 3.99. The molecule has 1 aliphatic rings. The van der Waals surface area contributed by atoms with Gasteiger partial charge in [-0.2, -0.15) is 0 Å². The summed E-state index contributed by atoms with van der Waals surface area (Å²) in [5.74, 6) is 0.654. The number of carbonyl (C=O) groups is 2. The number of esters is 1. The van der Waals surface area contributed by atoms with E-state index in [0.29, 0.717) is 18.6 Å². The monoisotopic (exact) mass is 265 g/mol. The van der Waals surface area contributed by atoms with Gasteiger partial charge in [-0.15, -0.1) is 11.8 Å². The molecule has 1 N–H and O–H groups in total. The Morgan fingerprint density at radius 3 is 2.67 bits per heavy atom. The molecule has 96 valence electrons. The van der Waals surface area contributed by atoms with E-state index in [2.05, 4.69) is 5.32 Å². The van der Waals surface area contributed by atoms with E-state index in [4.69, 9.17) is 4.74 Å². The molecule has 0 saturated carbocycles. The smallest absolute Gasteiger partial charge is 0.338 e. The van der Waals surface area contributed by atoms with Gasteiger partial charge in [0.1, 0.15) is 0 Å². The molecule has 1 amide bonds. The Morgan fingerprint density at radius 2 is 2.11 bits per heavy atom. The number of hydrogen-bond acceptors (Lipinski definition) is 4. The molecule has 0 aromatic heterocycles. The number of amides is 1. The Morgan fingerprint density at radius 1 is 1.44 bits per heavy atom. The highest BCUT2D eigenvalue weighted by atomic mass is 32.2. The van der Waals surface area contributed by atoms with Gasteiger partial charge in [-0.05, 0) is 24.6 Å². The lowest BCUT2D eigenvalue weighted by Crippen LogP contribution is -2.46. The van der Waals surface area contributed by atoms with Gasteiger partial charge in [-0.25, -0.2) is 4.79 Å². The number of ether oxygens (including phenoxy) is 1. The van der Waals surface area contributed by atoms with E-state index in [1.807, 2.05) is 12.1 Å². The molecule has 0 bridgehead atoms. The topological polar surface area (TPSA) is 55.4 Å². The third kappa shape index (κ3) is 3.26. The van der Waals surface area contributed by atoms with Crippen LogP contribution < -0.4 is 5.32 Å². The molecule has 1 unspecified atom stereocenters. The van der Waals surface area contributed by atoms with Crippen LogP contribution in [0.5, 0.6) is 0 Å². The Kier molecular flexibility index (Phi) is 4.25. The van der Waals surface area contributed by atoms with Crippen molar-refractivity contribution in [1.29, 1.82) is 0 Å². The number of hydrogen-bond donors (Lipinski definition) is 1. The fourth-order valence-corrected chi connectivity index (χ4v) is 2.65. The predicted molar refractivity (Wildman–Crippen MR) is 70.2 cm³/mol. The number of nitrogens with one attached hydrogen (secondary N) is 1. The van der Waals surface area contributed by atoms with Crippen molar-refractivity contribution in [2.45, 2.75) is 24.5 Å². The zero-order chi connectivity index (χ0) is 13.0. The summed E-state index contributed by atoms with van der Waals surface area (Å²) in [6, 6.07) is 7.37. The highest BCUT2D eigenvalue weighted by molar-refractivity contribution is 7.99. The lowest BCUT2D eigenvalue weighted by molar-refractivity contribution is -0.126. The Bertz CT molecular complexity index is 436. The summed E-state index contributed by atoms with van der Waals surface area (Å²) >= 11 is 1.70. The molecule has 1 atom stereocenters. The van der Waals surface area contributed by atoms with Gasteiger partial charge >= 0.3 is 5.97 Å². The summed E-state index contributed by atoms with van der Waals surface area (Å²) in [7, 11) is 0. The molecule has 0 radical (unpaired) electrons. The summed E-state index contributed by atoms with van der Waals surface area (Å²) in [4.78, 5) is 22.2. The molecule has 1 heterocycles. The van der Waals surface area contributed by atoms with Crippen molar-refractivity contribution in [2.75, 3.05) is 6.61 Å². The molecular formula is C13H15NO3S. The molecular weight excluding hydrogens is 250 g/mol. The first-order valence-electron chi connectivity index (χ1n) is 5.86. The van der Waals surface area contributed by atoms with E-state index < -0.39 is 0 Å². The van der Waals surface area contributed by atoms with E-state index in [1.165, 1.54) is 0 Å². The van der Waals surface area contributed by atoms with Gasteiger partial charge in [0.15, 0.2) is 0 Å². The minimum absolute atomic E-state index is 0.116. The number of rotatable bonds is 5. The minimum Gasteiger partial charge on any atom is -0.462 e. The summed E-state index contributed by atoms with van der Waals surface area (Å²) < 4.78 is 4.91. The molecule has 4 nitrogen and oxygen atoms in total. The molecule has 1 aromatic carbocycles. The van der Waals surface area contributed by atoms with E-state index in [-0.39, 0.29) is 17.3 Å². The molecule has 1 aliphatic heterocycles. The van der Waals surface area contributed by atoms with Crippen LogP contribution in [-0.4, -0.2) is 23.9 Å². The van der Waals surface area contributed by atoms with Crippen LogP contribution in [0.2, 0.25) is 0 Å². The van der Waals surface area contributed by atoms with Crippen molar-refractivity contribution >= 4 is 23.6 Å². The first-order chi connectivity index (χ1) is 8.69. The normalized spacial score (nSPS) is 17.8. The van der Waals surface area contributed by atoms with Crippen molar-refractivity contribution < 1.29 is 14.3 Å². The van der Waals surface area contributed by atoms with Crippen molar-refractivity contribution in [3.05, 3.63) is 35.4 Å². The van der Waals surface area contributed by atoms with Gasteiger partial charge in [0.2, 0.25) is 5.91 Å². The molecule has 0 spiro atoms. The first-order valence-corrected chi connectivity index (χ1v) is 6.91. The Labute approximate surface area is 110 Å². The second kappa shape index (κ2) is 5.91. The maximum Gasteiger partial charge on any atom is 0.338 e. The van der Waals surface area contributed by atoms with Crippen LogP contribution in [0.3, 0.4) is 0 Å². The van der Waals surface area contributed by atoms with E-state index in [0.717, 1.165) is 11.3 Å². The fourth-order valence-electron chi connectivity index (χ4n) is 1.58. The summed E-state index contributed by atoms with van der Waals surface area (Å²) in [6.07, 6.45) is 0.603. The zero-order valence-corrected chi connectivity index (χ0v) is 11.0. The van der Waals surface area contributed by atoms with Crippen molar-refractivity contribution in [2.24, 2.45) is 0 Å². The third-order valence-electron chi connectivity index (χ3n) is 2.61. The number of thioether (sulfide) groups is 1. The fraction of sp³-hybridized carbons (Fsp3) is 0.385. The lowest BCUT2D eigenvalue weighted by atomic mass is 10.1. The largest absolute Gasteiger partial charge is 0.462 e. The maximum absolute atomic E-state index is 11.4. The Hall–Kier alpha value is -1.49. The molecule has 0 aliphatic carbocycles. The molecule has 1 aromatic rings. The zero-order valence-electron chi connectivity index (χ0n) is 10.1. The molecule has 1 saturated heterocycles. The van der Waals surface area contributed by atoms with Crippen LogP contribution in [0.1, 0.15) is 29.3 Å². The molecule has 18 heavy (non-hydrogen) atoms. The lowest BCUT2D eigenvalue weighted by Gasteiger charge is -2.26. The van der Waals surface area contributed by atoms with Gasteiger partial charge in [-0.1, -0.05) is 12.1 Å². The van der Waals surface area contributed by atoms with E-state index >= 15 is 0 Å². The van der Waals surface area contributed by atoms with Gasteiger partial charge in [0.25, 0.3) is 0 Å². The van der Waals surface area contributed by atoms with Gasteiger partial charge in [0, 0.05) is 5.75 Å². The van der Waals surface area contributed by atoms with E-state index in [9.17, 15) is 9.59 Å². The minimum atomic E-state index is -0.289. The maximum atomic E-state index is 11.4. The SMILES string of the molecule is CCOC(=O)c1ccc(CSC2CC(=O)N2)cc1. The number of β-lactam (4-membered cyclic amide) rings is 1. The standard InChI is InChI=1S/C13H15NO3S/c1-2-17-13(16)10-5-3-9(4-6-10)8-18-12-7-11(15)14-12/h3-6,12H,2,7-8H2,1H3,(H,14,15). The van der Waals surface area contributed by atoms with Crippen LogP contribution in [0, 0.1) is 0 Å². The highest BCUT2D eigenvalue weighted by Crippen LogP contribution is 2.23. The van der Waals surface area contributed by atoms with Crippen molar-refractivity contribution in [1.82, 2.24) is 5.32 Å². The number of benzene rings is 1. The quantitative estimate of drug-likeness (QED) is 0.653. The highest BCUT2D eigenvalue weighted by Gasteiger charge is 2.25. The van der Waals surface area contributed by atoms with Gasteiger partial charge < -0.3 is 10.1 Å². The van der Waals surface area contributed by atoms with Crippen molar-refractivity contribution in [3.63, 3.8) is 0 Å². The summed E-state index contributed by atoms with van der Waals surface area (Å²) in [5, 5.41) is 3.05.